The number of ether oxygens (including phenoxy) is 3. The maximum absolute atomic E-state index is 13.5. The number of hydrogen-bond acceptors (Lipinski definition) is 5. The molecule has 0 saturated carbocycles. The van der Waals surface area contributed by atoms with Gasteiger partial charge in [0.25, 0.3) is 0 Å². The highest BCUT2D eigenvalue weighted by Crippen LogP contribution is 2.23. The van der Waals surface area contributed by atoms with E-state index in [0.29, 0.717) is 11.5 Å². The fraction of sp³-hybridized carbons (Fsp3) is 0.176. The van der Waals surface area contributed by atoms with Gasteiger partial charge in [0.05, 0.1) is 25.3 Å². The molecule has 5 nitrogen and oxygen atoms in total. The molecule has 0 aliphatic heterocycles. The predicted molar refractivity (Wildman–Crippen MR) is 80.6 cm³/mol. The average molecular weight is 318 g/mol. The normalized spacial score (nSPS) is 10.0. The topological polar surface area (TPSA) is 61.8 Å². The summed E-state index contributed by atoms with van der Waals surface area (Å²) in [4.78, 5) is 23.9. The molecular formula is C17H15FO5. The highest BCUT2D eigenvalue weighted by atomic mass is 19.1. The van der Waals surface area contributed by atoms with E-state index < -0.39 is 24.2 Å². The first kappa shape index (κ1) is 16.5. The van der Waals surface area contributed by atoms with Crippen molar-refractivity contribution in [3.05, 3.63) is 59.4 Å². The molecular weight excluding hydrogens is 303 g/mol. The minimum Gasteiger partial charge on any atom is -0.497 e. The second-order valence-electron chi connectivity index (χ2n) is 4.58. The molecule has 2 aromatic carbocycles. The molecule has 0 radical (unpaired) electrons. The smallest absolute Gasteiger partial charge is 0.338 e. The van der Waals surface area contributed by atoms with E-state index in [2.05, 4.69) is 0 Å². The fourth-order valence-electron chi connectivity index (χ4n) is 1.90. The average Bonchev–Trinajstić information content (AvgIpc) is 2.59. The Labute approximate surface area is 132 Å². The summed E-state index contributed by atoms with van der Waals surface area (Å²) in [6.07, 6.45) is 0. The maximum Gasteiger partial charge on any atom is 0.338 e. The van der Waals surface area contributed by atoms with E-state index in [1.807, 2.05) is 0 Å². The first-order chi connectivity index (χ1) is 11.0. The monoisotopic (exact) mass is 318 g/mol. The molecule has 0 atom stereocenters. The predicted octanol–water partition coefficient (Wildman–Crippen LogP) is 2.88. The molecule has 0 amide bonds. The lowest BCUT2D eigenvalue weighted by Crippen LogP contribution is -2.15. The van der Waals surface area contributed by atoms with Gasteiger partial charge >= 0.3 is 5.97 Å². The van der Waals surface area contributed by atoms with Crippen molar-refractivity contribution in [1.82, 2.24) is 0 Å². The van der Waals surface area contributed by atoms with Gasteiger partial charge in [-0.3, -0.25) is 4.79 Å². The maximum atomic E-state index is 13.5. The number of hydrogen-bond donors (Lipinski definition) is 0. The van der Waals surface area contributed by atoms with Crippen LogP contribution in [0.5, 0.6) is 11.5 Å². The molecule has 2 rings (SSSR count). The standard InChI is InChI=1S/C17H15FO5/c1-21-12-7-11(8-13(9-12)22-2)17(20)23-10-16(19)14-5-3-4-6-15(14)18/h3-9H,10H2,1-2H3. The van der Waals surface area contributed by atoms with Crippen molar-refractivity contribution >= 4 is 11.8 Å². The Bertz CT molecular complexity index is 704. The van der Waals surface area contributed by atoms with Gasteiger partial charge in [-0.1, -0.05) is 12.1 Å². The van der Waals surface area contributed by atoms with Gasteiger partial charge in [-0.25, -0.2) is 9.18 Å². The molecule has 0 heterocycles. The van der Waals surface area contributed by atoms with Crippen LogP contribution < -0.4 is 9.47 Å². The highest BCUT2D eigenvalue weighted by molar-refractivity contribution is 5.99. The number of carbonyl (C=O) groups excluding carboxylic acids is 2. The summed E-state index contributed by atoms with van der Waals surface area (Å²) in [5, 5.41) is 0. The van der Waals surface area contributed by atoms with Gasteiger partial charge in [0.1, 0.15) is 17.3 Å². The van der Waals surface area contributed by atoms with Crippen molar-refractivity contribution in [1.29, 1.82) is 0 Å². The van der Waals surface area contributed by atoms with Crippen LogP contribution in [0.3, 0.4) is 0 Å². The summed E-state index contributed by atoms with van der Waals surface area (Å²) in [6, 6.07) is 10.0. The second kappa shape index (κ2) is 7.40. The molecule has 0 saturated heterocycles. The number of halogens is 1. The van der Waals surface area contributed by atoms with Gasteiger partial charge in [-0.05, 0) is 24.3 Å². The first-order valence-electron chi connectivity index (χ1n) is 6.73. The Balaban J connectivity index is 2.08. The van der Waals surface area contributed by atoms with Crippen LogP contribution >= 0.6 is 0 Å². The lowest BCUT2D eigenvalue weighted by Gasteiger charge is -2.08. The molecule has 0 bridgehead atoms. The molecule has 2 aromatic rings. The Morgan fingerprint density at radius 2 is 1.61 bits per heavy atom. The SMILES string of the molecule is COc1cc(OC)cc(C(=O)OCC(=O)c2ccccc2F)c1. The van der Waals surface area contributed by atoms with Crippen molar-refractivity contribution in [2.75, 3.05) is 20.8 Å². The highest BCUT2D eigenvalue weighted by Gasteiger charge is 2.16. The molecule has 23 heavy (non-hydrogen) atoms. The number of methoxy groups -OCH3 is 2. The molecule has 0 fully saturated rings. The summed E-state index contributed by atoms with van der Waals surface area (Å²) >= 11 is 0. The molecule has 0 N–H and O–H groups in total. The van der Waals surface area contributed by atoms with Crippen molar-refractivity contribution in [2.24, 2.45) is 0 Å². The van der Waals surface area contributed by atoms with Gasteiger partial charge in [0, 0.05) is 6.07 Å². The van der Waals surface area contributed by atoms with Crippen molar-refractivity contribution < 1.29 is 28.2 Å². The quantitative estimate of drug-likeness (QED) is 0.605. The van der Waals surface area contributed by atoms with Gasteiger partial charge in [-0.2, -0.15) is 0 Å². The van der Waals surface area contributed by atoms with E-state index in [4.69, 9.17) is 14.2 Å². The number of benzene rings is 2. The van der Waals surface area contributed by atoms with Crippen molar-refractivity contribution in [2.45, 2.75) is 0 Å². The zero-order valence-corrected chi connectivity index (χ0v) is 12.7. The van der Waals surface area contributed by atoms with E-state index in [-0.39, 0.29) is 11.1 Å². The zero-order chi connectivity index (χ0) is 16.8. The fourth-order valence-corrected chi connectivity index (χ4v) is 1.90. The molecule has 0 spiro atoms. The molecule has 0 aliphatic carbocycles. The minimum atomic E-state index is -0.730. The third kappa shape index (κ3) is 4.06. The van der Waals surface area contributed by atoms with E-state index in [1.54, 1.807) is 6.07 Å². The van der Waals surface area contributed by atoms with Crippen molar-refractivity contribution in [3.63, 3.8) is 0 Å². The van der Waals surface area contributed by atoms with E-state index in [0.717, 1.165) is 0 Å². The van der Waals surface area contributed by atoms with Crippen LogP contribution in [0.15, 0.2) is 42.5 Å². The largest absolute Gasteiger partial charge is 0.497 e. The van der Waals surface area contributed by atoms with Crippen LogP contribution in [-0.4, -0.2) is 32.6 Å². The van der Waals surface area contributed by atoms with Crippen LogP contribution in [0.1, 0.15) is 20.7 Å². The van der Waals surface area contributed by atoms with Crippen LogP contribution in [-0.2, 0) is 4.74 Å². The molecule has 120 valence electrons. The lowest BCUT2D eigenvalue weighted by molar-refractivity contribution is 0.0473. The van der Waals surface area contributed by atoms with Crippen molar-refractivity contribution in [3.8, 4) is 11.5 Å². The molecule has 0 unspecified atom stereocenters. The van der Waals surface area contributed by atoms with Crippen LogP contribution in [0.2, 0.25) is 0 Å². The second-order valence-corrected chi connectivity index (χ2v) is 4.58. The number of esters is 1. The Morgan fingerprint density at radius 3 is 2.17 bits per heavy atom. The minimum absolute atomic E-state index is 0.122. The Hall–Kier alpha value is -2.89. The van der Waals surface area contributed by atoms with E-state index >= 15 is 0 Å². The van der Waals surface area contributed by atoms with Gasteiger partial charge in [0.2, 0.25) is 5.78 Å². The Kier molecular flexibility index (Phi) is 5.30. The number of Topliss-reactive ketones (excluding diaryl/α,β-unsaturated/α-hetero) is 1. The first-order valence-corrected chi connectivity index (χ1v) is 6.73. The zero-order valence-electron chi connectivity index (χ0n) is 12.7. The molecule has 6 heteroatoms. The summed E-state index contributed by atoms with van der Waals surface area (Å²) in [5.74, 6) is -1.18. The number of rotatable bonds is 6. The lowest BCUT2D eigenvalue weighted by atomic mass is 10.1. The van der Waals surface area contributed by atoms with Gasteiger partial charge < -0.3 is 14.2 Å². The number of carbonyl (C=O) groups is 2. The van der Waals surface area contributed by atoms with Gasteiger partial charge in [-0.15, -0.1) is 0 Å². The van der Waals surface area contributed by atoms with Crippen LogP contribution in [0.4, 0.5) is 4.39 Å². The summed E-state index contributed by atoms with van der Waals surface area (Å²) in [5.41, 5.74) is 0.0473. The summed E-state index contributed by atoms with van der Waals surface area (Å²) in [6.45, 7) is -0.556. The molecule has 0 aromatic heterocycles. The Morgan fingerprint density at radius 1 is 1.00 bits per heavy atom. The summed E-state index contributed by atoms with van der Waals surface area (Å²) in [7, 11) is 2.90. The summed E-state index contributed by atoms with van der Waals surface area (Å²) < 4.78 is 28.5. The third-order valence-corrected chi connectivity index (χ3v) is 3.10. The molecule has 0 aliphatic rings. The number of ketones is 1. The van der Waals surface area contributed by atoms with E-state index in [1.165, 1.54) is 50.6 Å². The van der Waals surface area contributed by atoms with Crippen LogP contribution in [0.25, 0.3) is 0 Å². The van der Waals surface area contributed by atoms with E-state index in [9.17, 15) is 14.0 Å². The van der Waals surface area contributed by atoms with Gasteiger partial charge in [0.15, 0.2) is 6.61 Å². The third-order valence-electron chi connectivity index (χ3n) is 3.10. The van der Waals surface area contributed by atoms with Crippen LogP contribution in [0, 0.1) is 5.82 Å².